The van der Waals surface area contributed by atoms with Crippen molar-refractivity contribution in [2.75, 3.05) is 7.11 Å². The zero-order valence-electron chi connectivity index (χ0n) is 12.6. The fourth-order valence-electron chi connectivity index (χ4n) is 2.72. The van der Waals surface area contributed by atoms with E-state index in [1.165, 1.54) is 6.92 Å². The summed E-state index contributed by atoms with van der Waals surface area (Å²) in [7, 11) is 1.61. The molecule has 4 heteroatoms. The Morgan fingerprint density at radius 1 is 1.18 bits per heavy atom. The van der Waals surface area contributed by atoms with Crippen LogP contribution < -0.4 is 9.47 Å². The molecule has 0 amide bonds. The number of benzene rings is 2. The van der Waals surface area contributed by atoms with Gasteiger partial charge in [-0.15, -0.1) is 0 Å². The fraction of sp³-hybridized carbons (Fsp3) is 0.278. The summed E-state index contributed by atoms with van der Waals surface area (Å²) in [5, 5.41) is 0. The predicted molar refractivity (Wildman–Crippen MR) is 81.9 cm³/mol. The smallest absolute Gasteiger partial charge is 0.303 e. The first kappa shape index (κ1) is 14.4. The van der Waals surface area contributed by atoms with E-state index in [0.29, 0.717) is 17.9 Å². The minimum atomic E-state index is -0.308. The minimum absolute atomic E-state index is 0.148. The van der Waals surface area contributed by atoms with Crippen LogP contribution in [-0.4, -0.2) is 13.1 Å². The maximum Gasteiger partial charge on any atom is 0.303 e. The molecule has 3 rings (SSSR count). The van der Waals surface area contributed by atoms with Crippen molar-refractivity contribution in [2.24, 2.45) is 0 Å². The van der Waals surface area contributed by atoms with Gasteiger partial charge in [0.1, 0.15) is 23.7 Å². The highest BCUT2D eigenvalue weighted by Crippen LogP contribution is 2.44. The summed E-state index contributed by atoms with van der Waals surface area (Å²) in [6.07, 6.45) is 0.144. The molecule has 0 aromatic heterocycles. The zero-order valence-corrected chi connectivity index (χ0v) is 12.6. The molecule has 0 spiro atoms. The number of ether oxygens (including phenoxy) is 3. The maximum absolute atomic E-state index is 11.4. The molecule has 0 unspecified atom stereocenters. The van der Waals surface area contributed by atoms with Crippen LogP contribution in [0, 0.1) is 0 Å². The first-order chi connectivity index (χ1) is 10.7. The van der Waals surface area contributed by atoms with E-state index >= 15 is 0 Å². The Hall–Kier alpha value is -2.49. The van der Waals surface area contributed by atoms with Gasteiger partial charge in [0.2, 0.25) is 0 Å². The molecule has 0 saturated carbocycles. The average Bonchev–Trinajstić information content (AvgIpc) is 2.54. The van der Waals surface area contributed by atoms with Gasteiger partial charge in [0.25, 0.3) is 0 Å². The van der Waals surface area contributed by atoms with E-state index in [2.05, 4.69) is 0 Å². The number of carbonyl (C=O) groups excluding carboxylic acids is 1. The third-order valence-corrected chi connectivity index (χ3v) is 3.74. The van der Waals surface area contributed by atoms with Gasteiger partial charge < -0.3 is 14.2 Å². The highest BCUT2D eigenvalue weighted by atomic mass is 16.6. The number of hydrogen-bond donors (Lipinski definition) is 0. The van der Waals surface area contributed by atoms with E-state index in [4.69, 9.17) is 14.2 Å². The van der Waals surface area contributed by atoms with Crippen molar-refractivity contribution >= 4 is 5.97 Å². The summed E-state index contributed by atoms with van der Waals surface area (Å²) >= 11 is 0. The molecule has 2 atom stereocenters. The second-order valence-electron chi connectivity index (χ2n) is 5.25. The maximum atomic E-state index is 11.4. The first-order valence-electron chi connectivity index (χ1n) is 7.24. The lowest BCUT2D eigenvalue weighted by Gasteiger charge is -2.32. The van der Waals surface area contributed by atoms with Crippen LogP contribution in [0.1, 0.15) is 36.7 Å². The van der Waals surface area contributed by atoms with Crippen LogP contribution in [0.15, 0.2) is 48.5 Å². The van der Waals surface area contributed by atoms with E-state index in [1.807, 2.05) is 48.5 Å². The second-order valence-corrected chi connectivity index (χ2v) is 5.25. The second kappa shape index (κ2) is 6.10. The van der Waals surface area contributed by atoms with Gasteiger partial charge in [-0.3, -0.25) is 4.79 Å². The molecule has 0 saturated heterocycles. The van der Waals surface area contributed by atoms with Gasteiger partial charge in [0, 0.05) is 25.0 Å². The van der Waals surface area contributed by atoms with Crippen molar-refractivity contribution in [1.82, 2.24) is 0 Å². The molecular formula is C18H18O4. The standard InChI is InChI=1S/C18H18O4/c1-12(19)21-18-11-16(13-6-4-3-5-7-13)22-17-10-14(20-2)8-9-15(17)18/h3-10,16,18H,11H2,1-2H3/t16-,18-/m1/s1. The van der Waals surface area contributed by atoms with Gasteiger partial charge in [-0.25, -0.2) is 0 Å². The number of esters is 1. The Labute approximate surface area is 129 Å². The van der Waals surface area contributed by atoms with Crippen LogP contribution in [-0.2, 0) is 9.53 Å². The van der Waals surface area contributed by atoms with Crippen LogP contribution in [0.3, 0.4) is 0 Å². The van der Waals surface area contributed by atoms with Gasteiger partial charge in [-0.1, -0.05) is 30.3 Å². The number of carbonyl (C=O) groups is 1. The summed E-state index contributed by atoms with van der Waals surface area (Å²) in [4.78, 5) is 11.4. The summed E-state index contributed by atoms with van der Waals surface area (Å²) < 4.78 is 16.8. The highest BCUT2D eigenvalue weighted by molar-refractivity contribution is 5.66. The lowest BCUT2D eigenvalue weighted by Crippen LogP contribution is -2.22. The molecule has 0 fully saturated rings. The van der Waals surface area contributed by atoms with Crippen LogP contribution in [0.4, 0.5) is 0 Å². The molecule has 22 heavy (non-hydrogen) atoms. The van der Waals surface area contributed by atoms with Crippen molar-refractivity contribution < 1.29 is 19.0 Å². The Balaban J connectivity index is 1.97. The van der Waals surface area contributed by atoms with E-state index < -0.39 is 0 Å². The largest absolute Gasteiger partial charge is 0.497 e. The van der Waals surface area contributed by atoms with Gasteiger partial charge in [0.15, 0.2) is 0 Å². The lowest BCUT2D eigenvalue weighted by atomic mass is 9.94. The van der Waals surface area contributed by atoms with Gasteiger partial charge in [0.05, 0.1) is 7.11 Å². The summed E-state index contributed by atoms with van der Waals surface area (Å²) in [6, 6.07) is 15.5. The first-order valence-corrected chi connectivity index (χ1v) is 7.24. The number of fused-ring (bicyclic) bond motifs is 1. The van der Waals surface area contributed by atoms with E-state index in [1.54, 1.807) is 7.11 Å². The van der Waals surface area contributed by atoms with Crippen LogP contribution in [0.25, 0.3) is 0 Å². The van der Waals surface area contributed by atoms with Crippen molar-refractivity contribution in [3.63, 3.8) is 0 Å². The molecule has 4 nitrogen and oxygen atoms in total. The molecule has 0 N–H and O–H groups in total. The van der Waals surface area contributed by atoms with E-state index in [9.17, 15) is 4.79 Å². The third-order valence-electron chi connectivity index (χ3n) is 3.74. The molecule has 114 valence electrons. The molecule has 1 aliphatic heterocycles. The summed E-state index contributed by atoms with van der Waals surface area (Å²) in [5.41, 5.74) is 1.94. The van der Waals surface area contributed by atoms with Crippen molar-refractivity contribution in [2.45, 2.75) is 25.6 Å². The Morgan fingerprint density at radius 3 is 2.64 bits per heavy atom. The molecule has 1 aliphatic rings. The van der Waals surface area contributed by atoms with Crippen molar-refractivity contribution in [1.29, 1.82) is 0 Å². The van der Waals surface area contributed by atoms with Gasteiger partial charge >= 0.3 is 5.97 Å². The summed E-state index contributed by atoms with van der Waals surface area (Å²) in [6.45, 7) is 1.43. The molecule has 0 radical (unpaired) electrons. The Kier molecular flexibility index (Phi) is 4.00. The number of methoxy groups -OCH3 is 1. The number of rotatable bonds is 3. The van der Waals surface area contributed by atoms with E-state index in [-0.39, 0.29) is 18.2 Å². The van der Waals surface area contributed by atoms with E-state index in [0.717, 1.165) is 11.1 Å². The van der Waals surface area contributed by atoms with Crippen LogP contribution in [0.2, 0.25) is 0 Å². The Morgan fingerprint density at radius 2 is 1.95 bits per heavy atom. The monoisotopic (exact) mass is 298 g/mol. The quantitative estimate of drug-likeness (QED) is 0.808. The van der Waals surface area contributed by atoms with Gasteiger partial charge in [-0.2, -0.15) is 0 Å². The van der Waals surface area contributed by atoms with Gasteiger partial charge in [-0.05, 0) is 17.7 Å². The molecule has 2 aromatic rings. The molecular weight excluding hydrogens is 280 g/mol. The normalized spacial score (nSPS) is 19.7. The minimum Gasteiger partial charge on any atom is -0.497 e. The fourth-order valence-corrected chi connectivity index (χ4v) is 2.72. The Bertz CT molecular complexity index is 666. The van der Waals surface area contributed by atoms with Crippen LogP contribution in [0.5, 0.6) is 11.5 Å². The molecule has 0 bridgehead atoms. The topological polar surface area (TPSA) is 44.8 Å². The predicted octanol–water partition coefficient (Wildman–Crippen LogP) is 3.82. The molecule has 1 heterocycles. The number of hydrogen-bond acceptors (Lipinski definition) is 4. The van der Waals surface area contributed by atoms with Crippen LogP contribution >= 0.6 is 0 Å². The SMILES string of the molecule is COc1ccc2c(c1)O[C@@H](c1ccccc1)C[C@H]2OC(C)=O. The highest BCUT2D eigenvalue weighted by Gasteiger charge is 2.31. The average molecular weight is 298 g/mol. The molecule has 2 aromatic carbocycles. The third kappa shape index (κ3) is 2.91. The molecule has 0 aliphatic carbocycles. The van der Waals surface area contributed by atoms with Crippen molar-refractivity contribution in [3.05, 3.63) is 59.7 Å². The zero-order chi connectivity index (χ0) is 15.5. The summed E-state index contributed by atoms with van der Waals surface area (Å²) in [5.74, 6) is 1.13. The lowest BCUT2D eigenvalue weighted by molar-refractivity contribution is -0.149. The van der Waals surface area contributed by atoms with Crippen molar-refractivity contribution in [3.8, 4) is 11.5 Å².